The summed E-state index contributed by atoms with van der Waals surface area (Å²) in [6.45, 7) is 5.11. The van der Waals surface area contributed by atoms with Crippen LogP contribution < -0.4 is 11.1 Å². The van der Waals surface area contributed by atoms with Crippen LogP contribution in [-0.4, -0.2) is 40.6 Å². The van der Waals surface area contributed by atoms with Gasteiger partial charge in [0.15, 0.2) is 0 Å². The summed E-state index contributed by atoms with van der Waals surface area (Å²) in [6, 6.07) is 4.73. The van der Waals surface area contributed by atoms with Crippen LogP contribution in [0.1, 0.15) is 26.7 Å². The van der Waals surface area contributed by atoms with Crippen molar-refractivity contribution in [2.75, 3.05) is 24.1 Å². The molecule has 1 aliphatic rings. The third-order valence-electron chi connectivity index (χ3n) is 4.07. The molecule has 1 fully saturated rings. The van der Waals surface area contributed by atoms with E-state index in [9.17, 15) is 9.90 Å². The molecular weight excluding hydrogens is 290 g/mol. The first-order valence-corrected chi connectivity index (χ1v) is 7.49. The molecule has 1 amide bonds. The molecule has 0 spiro atoms. The molecule has 4 N–H and O–H groups in total. The van der Waals surface area contributed by atoms with Gasteiger partial charge in [0.25, 0.3) is 0 Å². The molecule has 1 unspecified atom stereocenters. The van der Waals surface area contributed by atoms with Crippen molar-refractivity contribution in [2.45, 2.75) is 38.3 Å². The first kappa shape index (κ1) is 16.1. The van der Waals surface area contributed by atoms with Gasteiger partial charge in [-0.25, -0.2) is 0 Å². The van der Waals surface area contributed by atoms with E-state index >= 15 is 0 Å². The van der Waals surface area contributed by atoms with Gasteiger partial charge in [-0.15, -0.1) is 0 Å². The van der Waals surface area contributed by atoms with Crippen molar-refractivity contribution >= 4 is 28.9 Å². The van der Waals surface area contributed by atoms with Crippen LogP contribution in [0.15, 0.2) is 18.2 Å². The number of benzene rings is 1. The molecule has 0 saturated carbocycles. The fourth-order valence-corrected chi connectivity index (χ4v) is 2.62. The molecule has 2 rings (SSSR count). The molecule has 0 aliphatic carbocycles. The summed E-state index contributed by atoms with van der Waals surface area (Å²) in [6.07, 6.45) is 1.35. The zero-order chi connectivity index (χ0) is 15.6. The standard InChI is InChI=1S/C15H22ClN3O2/c1-10(19-7-5-15(2,21)6-8-19)14(20)18-13-4-3-11(16)9-12(13)17/h3-4,9-10,21H,5-8,17H2,1-2H3,(H,18,20). The Balaban J connectivity index is 1.97. The lowest BCUT2D eigenvalue weighted by atomic mass is 9.93. The van der Waals surface area contributed by atoms with Crippen LogP contribution in [0.2, 0.25) is 5.02 Å². The highest BCUT2D eigenvalue weighted by Crippen LogP contribution is 2.25. The Morgan fingerprint density at radius 1 is 1.48 bits per heavy atom. The Labute approximate surface area is 130 Å². The summed E-state index contributed by atoms with van der Waals surface area (Å²) in [5.41, 5.74) is 6.24. The smallest absolute Gasteiger partial charge is 0.241 e. The van der Waals surface area contributed by atoms with Crippen molar-refractivity contribution in [1.82, 2.24) is 4.90 Å². The van der Waals surface area contributed by atoms with Crippen molar-refractivity contribution < 1.29 is 9.90 Å². The molecule has 116 valence electrons. The number of nitrogen functional groups attached to an aromatic ring is 1. The van der Waals surface area contributed by atoms with Crippen LogP contribution in [0.4, 0.5) is 11.4 Å². The highest BCUT2D eigenvalue weighted by atomic mass is 35.5. The minimum absolute atomic E-state index is 0.106. The van der Waals surface area contributed by atoms with Gasteiger partial charge in [-0.1, -0.05) is 11.6 Å². The molecule has 1 heterocycles. The first-order chi connectivity index (χ1) is 9.78. The van der Waals surface area contributed by atoms with Gasteiger partial charge in [-0.2, -0.15) is 0 Å². The van der Waals surface area contributed by atoms with Gasteiger partial charge < -0.3 is 16.2 Å². The number of amides is 1. The fraction of sp³-hybridized carbons (Fsp3) is 0.533. The molecule has 21 heavy (non-hydrogen) atoms. The van der Waals surface area contributed by atoms with E-state index in [1.165, 1.54) is 0 Å². The van der Waals surface area contributed by atoms with E-state index in [-0.39, 0.29) is 11.9 Å². The minimum Gasteiger partial charge on any atom is -0.397 e. The van der Waals surface area contributed by atoms with Crippen molar-refractivity contribution in [3.05, 3.63) is 23.2 Å². The number of rotatable bonds is 3. The van der Waals surface area contributed by atoms with E-state index in [0.717, 1.165) is 0 Å². The van der Waals surface area contributed by atoms with Crippen LogP contribution in [0.25, 0.3) is 0 Å². The van der Waals surface area contributed by atoms with Gasteiger partial charge in [0.05, 0.1) is 23.0 Å². The number of carbonyl (C=O) groups is 1. The maximum absolute atomic E-state index is 12.3. The lowest BCUT2D eigenvalue weighted by molar-refractivity contribution is -0.122. The number of halogens is 1. The number of piperidine rings is 1. The minimum atomic E-state index is -0.618. The van der Waals surface area contributed by atoms with E-state index in [1.807, 2.05) is 13.8 Å². The van der Waals surface area contributed by atoms with Crippen LogP contribution in [0.5, 0.6) is 0 Å². The number of carbonyl (C=O) groups excluding carboxylic acids is 1. The van der Waals surface area contributed by atoms with Gasteiger partial charge in [0.2, 0.25) is 5.91 Å². The van der Waals surface area contributed by atoms with E-state index < -0.39 is 5.60 Å². The molecule has 1 saturated heterocycles. The van der Waals surface area contributed by atoms with Crippen molar-refractivity contribution in [1.29, 1.82) is 0 Å². The average molecular weight is 312 g/mol. The molecule has 1 aromatic carbocycles. The van der Waals surface area contributed by atoms with Gasteiger partial charge >= 0.3 is 0 Å². The Hall–Kier alpha value is -1.30. The predicted molar refractivity (Wildman–Crippen MR) is 85.4 cm³/mol. The topological polar surface area (TPSA) is 78.6 Å². The monoisotopic (exact) mass is 311 g/mol. The van der Waals surface area contributed by atoms with Gasteiger partial charge in [0, 0.05) is 18.1 Å². The molecule has 1 atom stereocenters. The molecule has 0 bridgehead atoms. The zero-order valence-corrected chi connectivity index (χ0v) is 13.2. The van der Waals surface area contributed by atoms with Crippen LogP contribution in [-0.2, 0) is 4.79 Å². The number of hydrogen-bond donors (Lipinski definition) is 3. The molecule has 6 heteroatoms. The Morgan fingerprint density at radius 2 is 2.10 bits per heavy atom. The number of likely N-dealkylation sites (tertiary alicyclic amines) is 1. The lowest BCUT2D eigenvalue weighted by Crippen LogP contribution is -2.50. The van der Waals surface area contributed by atoms with E-state index in [4.69, 9.17) is 17.3 Å². The summed E-state index contributed by atoms with van der Waals surface area (Å²) in [7, 11) is 0. The van der Waals surface area contributed by atoms with Gasteiger partial charge in [-0.05, 0) is 44.9 Å². The molecular formula is C15H22ClN3O2. The number of aliphatic hydroxyl groups is 1. The number of nitrogens with zero attached hydrogens (tertiary/aromatic N) is 1. The summed E-state index contributed by atoms with van der Waals surface area (Å²) in [4.78, 5) is 14.4. The second-order valence-electron chi connectivity index (χ2n) is 5.93. The zero-order valence-electron chi connectivity index (χ0n) is 12.4. The third-order valence-corrected chi connectivity index (χ3v) is 4.31. The number of hydrogen-bond acceptors (Lipinski definition) is 4. The van der Waals surface area contributed by atoms with E-state index in [2.05, 4.69) is 10.2 Å². The highest BCUT2D eigenvalue weighted by Gasteiger charge is 2.31. The molecule has 5 nitrogen and oxygen atoms in total. The van der Waals surface area contributed by atoms with Crippen molar-refractivity contribution in [3.63, 3.8) is 0 Å². The maximum Gasteiger partial charge on any atom is 0.241 e. The van der Waals surface area contributed by atoms with Gasteiger partial charge in [0.1, 0.15) is 0 Å². The summed E-state index contributed by atoms with van der Waals surface area (Å²) in [5, 5.41) is 13.3. The largest absolute Gasteiger partial charge is 0.397 e. The first-order valence-electron chi connectivity index (χ1n) is 7.11. The summed E-state index contributed by atoms with van der Waals surface area (Å²) in [5.74, 6) is -0.106. The molecule has 1 aliphatic heterocycles. The quantitative estimate of drug-likeness (QED) is 0.747. The normalized spacial score (nSPS) is 20.0. The number of nitrogens with one attached hydrogen (secondary N) is 1. The highest BCUT2D eigenvalue weighted by molar-refractivity contribution is 6.31. The van der Waals surface area contributed by atoms with Crippen LogP contribution in [0.3, 0.4) is 0 Å². The maximum atomic E-state index is 12.3. The number of anilines is 2. The average Bonchev–Trinajstić information content (AvgIpc) is 2.41. The van der Waals surface area contributed by atoms with E-state index in [0.29, 0.717) is 42.3 Å². The Bertz CT molecular complexity index is 524. The lowest BCUT2D eigenvalue weighted by Gasteiger charge is -2.38. The molecule has 0 radical (unpaired) electrons. The van der Waals surface area contributed by atoms with E-state index in [1.54, 1.807) is 18.2 Å². The second kappa shape index (κ2) is 6.22. The van der Waals surface area contributed by atoms with Crippen LogP contribution in [0, 0.1) is 0 Å². The summed E-state index contributed by atoms with van der Waals surface area (Å²) >= 11 is 5.84. The molecule has 0 aromatic heterocycles. The Morgan fingerprint density at radius 3 is 2.67 bits per heavy atom. The van der Waals surface area contributed by atoms with Crippen LogP contribution >= 0.6 is 11.6 Å². The summed E-state index contributed by atoms with van der Waals surface area (Å²) < 4.78 is 0. The van der Waals surface area contributed by atoms with Crippen molar-refractivity contribution in [2.24, 2.45) is 0 Å². The SMILES string of the molecule is CC(C(=O)Nc1ccc(Cl)cc1N)N1CCC(C)(O)CC1. The van der Waals surface area contributed by atoms with Gasteiger partial charge in [-0.3, -0.25) is 9.69 Å². The predicted octanol–water partition coefficient (Wildman–Crippen LogP) is 2.10. The molecule has 1 aromatic rings. The third kappa shape index (κ3) is 4.09. The fourth-order valence-electron chi connectivity index (χ4n) is 2.44. The number of nitrogens with two attached hydrogens (primary N) is 1. The van der Waals surface area contributed by atoms with Crippen molar-refractivity contribution in [3.8, 4) is 0 Å². The second-order valence-corrected chi connectivity index (χ2v) is 6.37. The Kier molecular flexibility index (Phi) is 4.76.